The number of carbonyl (C=O) groups is 2. The van der Waals surface area contributed by atoms with Gasteiger partial charge in [0.25, 0.3) is 0 Å². The second-order valence-corrected chi connectivity index (χ2v) is 6.77. The van der Waals surface area contributed by atoms with Crippen molar-refractivity contribution in [2.24, 2.45) is 5.92 Å². The Morgan fingerprint density at radius 3 is 2.61 bits per heavy atom. The monoisotopic (exact) mass is 344 g/mol. The number of carbonyl (C=O) groups excluding carboxylic acids is 2. The van der Waals surface area contributed by atoms with Crippen LogP contribution in [0.3, 0.4) is 0 Å². The predicted octanol–water partition coefficient (Wildman–Crippen LogP) is 0.221. The van der Waals surface area contributed by atoms with E-state index in [1.807, 2.05) is 4.90 Å². The summed E-state index contributed by atoms with van der Waals surface area (Å²) in [7, 11) is 0. The first-order valence-corrected chi connectivity index (χ1v) is 8.74. The lowest BCUT2D eigenvalue weighted by molar-refractivity contribution is -0.130. The molecule has 2 N–H and O–H groups in total. The van der Waals surface area contributed by atoms with Crippen LogP contribution >= 0.6 is 12.4 Å². The van der Waals surface area contributed by atoms with E-state index in [4.69, 9.17) is 0 Å². The summed E-state index contributed by atoms with van der Waals surface area (Å²) in [5, 5.41) is 6.35. The topological polar surface area (TPSA) is 64.7 Å². The average molecular weight is 345 g/mol. The Morgan fingerprint density at radius 1 is 1.22 bits per heavy atom. The SMILES string of the molecule is Cl.O=C(NCCN1CCNCC1)C1CC(=O)N(C2CCCC2)C1. The molecule has 23 heavy (non-hydrogen) atoms. The number of halogens is 1. The summed E-state index contributed by atoms with van der Waals surface area (Å²) < 4.78 is 0. The molecular weight excluding hydrogens is 316 g/mol. The zero-order valence-electron chi connectivity index (χ0n) is 13.8. The van der Waals surface area contributed by atoms with E-state index in [0.717, 1.165) is 45.6 Å². The number of piperazine rings is 1. The fourth-order valence-electron chi connectivity index (χ4n) is 3.89. The number of nitrogens with zero attached hydrogens (tertiary/aromatic N) is 2. The normalized spacial score (nSPS) is 26.3. The molecule has 1 atom stereocenters. The zero-order valence-corrected chi connectivity index (χ0v) is 14.6. The second kappa shape index (κ2) is 8.85. The van der Waals surface area contributed by atoms with Gasteiger partial charge in [0.2, 0.25) is 11.8 Å². The minimum Gasteiger partial charge on any atom is -0.355 e. The average Bonchev–Trinajstić information content (AvgIpc) is 3.17. The Morgan fingerprint density at radius 2 is 1.91 bits per heavy atom. The zero-order chi connectivity index (χ0) is 15.4. The highest BCUT2D eigenvalue weighted by Crippen LogP contribution is 2.29. The Kier molecular flexibility index (Phi) is 7.11. The fourth-order valence-corrected chi connectivity index (χ4v) is 3.89. The Balaban J connectivity index is 0.00000192. The molecule has 1 unspecified atom stereocenters. The summed E-state index contributed by atoms with van der Waals surface area (Å²) in [6, 6.07) is 0.395. The smallest absolute Gasteiger partial charge is 0.225 e. The highest BCUT2D eigenvalue weighted by Gasteiger charge is 2.38. The van der Waals surface area contributed by atoms with Crippen molar-refractivity contribution in [3.63, 3.8) is 0 Å². The van der Waals surface area contributed by atoms with Crippen LogP contribution in [-0.2, 0) is 9.59 Å². The number of hydrogen-bond donors (Lipinski definition) is 2. The van der Waals surface area contributed by atoms with Crippen LogP contribution in [0.2, 0.25) is 0 Å². The highest BCUT2D eigenvalue weighted by atomic mass is 35.5. The number of hydrogen-bond acceptors (Lipinski definition) is 4. The van der Waals surface area contributed by atoms with Gasteiger partial charge in [-0.3, -0.25) is 14.5 Å². The largest absolute Gasteiger partial charge is 0.355 e. The van der Waals surface area contributed by atoms with E-state index in [2.05, 4.69) is 15.5 Å². The Labute approximate surface area is 144 Å². The molecule has 132 valence electrons. The van der Waals surface area contributed by atoms with E-state index in [1.54, 1.807) is 0 Å². The molecule has 2 amide bonds. The lowest BCUT2D eigenvalue weighted by Crippen LogP contribution is -2.46. The number of rotatable bonds is 5. The number of amides is 2. The molecule has 2 aliphatic heterocycles. The Bertz CT molecular complexity index is 409. The van der Waals surface area contributed by atoms with E-state index in [9.17, 15) is 9.59 Å². The molecule has 7 heteroatoms. The summed E-state index contributed by atoms with van der Waals surface area (Å²) in [6.45, 7) is 6.37. The fraction of sp³-hybridized carbons (Fsp3) is 0.875. The van der Waals surface area contributed by atoms with Gasteiger partial charge in [0, 0.05) is 58.3 Å². The molecule has 0 bridgehead atoms. The van der Waals surface area contributed by atoms with E-state index in [-0.39, 0.29) is 30.1 Å². The summed E-state index contributed by atoms with van der Waals surface area (Å²) in [4.78, 5) is 28.7. The second-order valence-electron chi connectivity index (χ2n) is 6.77. The van der Waals surface area contributed by atoms with Crippen LogP contribution in [0.5, 0.6) is 0 Å². The van der Waals surface area contributed by atoms with Crippen LogP contribution in [0.4, 0.5) is 0 Å². The van der Waals surface area contributed by atoms with Crippen molar-refractivity contribution in [3.8, 4) is 0 Å². The van der Waals surface area contributed by atoms with E-state index in [0.29, 0.717) is 25.6 Å². The first-order chi connectivity index (χ1) is 10.7. The van der Waals surface area contributed by atoms with Crippen LogP contribution in [0, 0.1) is 5.92 Å². The summed E-state index contributed by atoms with van der Waals surface area (Å²) in [5.41, 5.74) is 0. The van der Waals surface area contributed by atoms with Crippen LogP contribution in [0.15, 0.2) is 0 Å². The van der Waals surface area contributed by atoms with Crippen molar-refractivity contribution in [3.05, 3.63) is 0 Å². The molecule has 0 aromatic heterocycles. The molecule has 0 radical (unpaired) electrons. The Hall–Kier alpha value is -0.850. The third kappa shape index (κ3) is 4.81. The molecule has 1 saturated carbocycles. The van der Waals surface area contributed by atoms with Gasteiger partial charge in [-0.05, 0) is 12.8 Å². The van der Waals surface area contributed by atoms with Gasteiger partial charge >= 0.3 is 0 Å². The molecule has 0 aromatic rings. The molecule has 0 spiro atoms. The molecular formula is C16H29ClN4O2. The lowest BCUT2D eigenvalue weighted by atomic mass is 10.1. The number of nitrogens with one attached hydrogen (secondary N) is 2. The van der Waals surface area contributed by atoms with Crippen molar-refractivity contribution >= 4 is 24.2 Å². The van der Waals surface area contributed by atoms with E-state index < -0.39 is 0 Å². The number of likely N-dealkylation sites (tertiary alicyclic amines) is 1. The molecule has 3 fully saturated rings. The lowest BCUT2D eigenvalue weighted by Gasteiger charge is -2.27. The summed E-state index contributed by atoms with van der Waals surface area (Å²) in [5.74, 6) is 0.0919. The van der Waals surface area contributed by atoms with Crippen molar-refractivity contribution in [2.45, 2.75) is 38.1 Å². The first kappa shape index (κ1) is 18.5. The van der Waals surface area contributed by atoms with Crippen LogP contribution < -0.4 is 10.6 Å². The highest BCUT2D eigenvalue weighted by molar-refractivity contribution is 5.89. The summed E-state index contributed by atoms with van der Waals surface area (Å²) >= 11 is 0. The van der Waals surface area contributed by atoms with Gasteiger partial charge in [0.15, 0.2) is 0 Å². The molecule has 1 aliphatic carbocycles. The quantitative estimate of drug-likeness (QED) is 0.749. The minimum absolute atomic E-state index is 0. The maximum absolute atomic E-state index is 12.3. The molecule has 3 rings (SSSR count). The van der Waals surface area contributed by atoms with Crippen LogP contribution in [0.25, 0.3) is 0 Å². The maximum Gasteiger partial charge on any atom is 0.225 e. The van der Waals surface area contributed by atoms with Crippen LogP contribution in [-0.4, -0.2) is 73.5 Å². The van der Waals surface area contributed by atoms with Gasteiger partial charge in [-0.15, -0.1) is 12.4 Å². The third-order valence-electron chi connectivity index (χ3n) is 5.23. The molecule has 2 saturated heterocycles. The van der Waals surface area contributed by atoms with Gasteiger partial charge in [0.05, 0.1) is 5.92 Å². The maximum atomic E-state index is 12.3. The third-order valence-corrected chi connectivity index (χ3v) is 5.23. The van der Waals surface area contributed by atoms with Crippen molar-refractivity contribution in [2.75, 3.05) is 45.8 Å². The van der Waals surface area contributed by atoms with Gasteiger partial charge in [-0.25, -0.2) is 0 Å². The molecule has 2 heterocycles. The van der Waals surface area contributed by atoms with Gasteiger partial charge in [-0.2, -0.15) is 0 Å². The van der Waals surface area contributed by atoms with Crippen molar-refractivity contribution in [1.82, 2.24) is 20.4 Å². The predicted molar refractivity (Wildman–Crippen MR) is 91.6 cm³/mol. The van der Waals surface area contributed by atoms with E-state index in [1.165, 1.54) is 12.8 Å². The molecule has 3 aliphatic rings. The van der Waals surface area contributed by atoms with Crippen molar-refractivity contribution in [1.29, 1.82) is 0 Å². The molecule has 0 aromatic carbocycles. The first-order valence-electron chi connectivity index (χ1n) is 8.74. The molecule has 6 nitrogen and oxygen atoms in total. The minimum atomic E-state index is -0.142. The van der Waals surface area contributed by atoms with Gasteiger partial charge in [-0.1, -0.05) is 12.8 Å². The van der Waals surface area contributed by atoms with Crippen molar-refractivity contribution < 1.29 is 9.59 Å². The standard InChI is InChI=1S/C16H28N4O2.ClH/c21-15-11-13(12-20(15)14-3-1-2-4-14)16(22)18-7-10-19-8-5-17-6-9-19;/h13-14,17H,1-12H2,(H,18,22);1H. The van der Waals surface area contributed by atoms with Gasteiger partial charge in [0.1, 0.15) is 0 Å². The van der Waals surface area contributed by atoms with E-state index >= 15 is 0 Å². The van der Waals surface area contributed by atoms with Crippen LogP contribution in [0.1, 0.15) is 32.1 Å². The summed E-state index contributed by atoms with van der Waals surface area (Å²) in [6.07, 6.45) is 5.06. The van der Waals surface area contributed by atoms with Gasteiger partial charge < -0.3 is 15.5 Å².